The lowest BCUT2D eigenvalue weighted by Gasteiger charge is -2.35. The van der Waals surface area contributed by atoms with Crippen molar-refractivity contribution in [1.29, 1.82) is 0 Å². The van der Waals surface area contributed by atoms with Crippen molar-refractivity contribution in [2.45, 2.75) is 23.5 Å². The van der Waals surface area contributed by atoms with Crippen molar-refractivity contribution in [1.82, 2.24) is 10.6 Å². The highest BCUT2D eigenvalue weighted by atomic mass is 32.2. The number of hydrogen-bond donors (Lipinski definition) is 2. The summed E-state index contributed by atoms with van der Waals surface area (Å²) in [6.07, 6.45) is 0. The molecule has 0 radical (unpaired) electrons. The van der Waals surface area contributed by atoms with Crippen LogP contribution >= 0.6 is 0 Å². The molecule has 2 aliphatic heterocycles. The van der Waals surface area contributed by atoms with Gasteiger partial charge in [-0.3, -0.25) is 0 Å². The molecule has 8 heteroatoms. The van der Waals surface area contributed by atoms with Crippen molar-refractivity contribution in [2.24, 2.45) is 0 Å². The first-order valence-corrected chi connectivity index (χ1v) is 10.3. The molecule has 2 aromatic carbocycles. The van der Waals surface area contributed by atoms with Crippen molar-refractivity contribution < 1.29 is 22.7 Å². The fourth-order valence-electron chi connectivity index (χ4n) is 3.31. The molecule has 0 aliphatic carbocycles. The molecule has 2 atom stereocenters. The van der Waals surface area contributed by atoms with Crippen molar-refractivity contribution in [3.05, 3.63) is 54.1 Å². The molecule has 2 unspecified atom stereocenters. The summed E-state index contributed by atoms with van der Waals surface area (Å²) >= 11 is 0. The summed E-state index contributed by atoms with van der Waals surface area (Å²) in [6, 6.07) is 13.1. The molecular formula is C19H20N2O5S. The molecule has 0 spiro atoms. The van der Waals surface area contributed by atoms with Crippen LogP contribution in [0.1, 0.15) is 18.5 Å². The Hall–Kier alpha value is -2.74. The summed E-state index contributed by atoms with van der Waals surface area (Å²) in [7, 11) is -3.37. The van der Waals surface area contributed by atoms with E-state index in [-0.39, 0.29) is 17.2 Å². The van der Waals surface area contributed by atoms with E-state index in [1.165, 1.54) is 0 Å². The molecule has 0 fully saturated rings. The van der Waals surface area contributed by atoms with Gasteiger partial charge < -0.3 is 20.1 Å². The molecule has 27 heavy (non-hydrogen) atoms. The number of carbonyl (C=O) groups is 1. The maximum Gasteiger partial charge on any atom is 0.315 e. The molecule has 2 aromatic rings. The quantitative estimate of drug-likeness (QED) is 0.839. The summed E-state index contributed by atoms with van der Waals surface area (Å²) < 4.78 is 36.1. The summed E-state index contributed by atoms with van der Waals surface area (Å²) in [5.41, 5.74) is -0.101. The Morgan fingerprint density at radius 2 is 1.85 bits per heavy atom. The van der Waals surface area contributed by atoms with Gasteiger partial charge in [0.15, 0.2) is 26.9 Å². The molecule has 0 saturated heterocycles. The average Bonchev–Trinajstić information content (AvgIpc) is 2.91. The van der Waals surface area contributed by atoms with Crippen LogP contribution in [0, 0.1) is 0 Å². The third-order valence-electron chi connectivity index (χ3n) is 4.68. The summed E-state index contributed by atoms with van der Waals surface area (Å²) in [5, 5.41) is 5.50. The maximum atomic E-state index is 12.3. The van der Waals surface area contributed by atoms with Gasteiger partial charge in [0, 0.05) is 0 Å². The number of ether oxygens (including phenoxy) is 2. The van der Waals surface area contributed by atoms with Crippen molar-refractivity contribution in [3.63, 3.8) is 0 Å². The Morgan fingerprint density at radius 1 is 1.15 bits per heavy atom. The van der Waals surface area contributed by atoms with E-state index in [1.54, 1.807) is 24.3 Å². The highest BCUT2D eigenvalue weighted by Crippen LogP contribution is 2.35. The van der Waals surface area contributed by atoms with Crippen LogP contribution in [0.5, 0.6) is 11.5 Å². The van der Waals surface area contributed by atoms with E-state index in [1.807, 2.05) is 31.2 Å². The average molecular weight is 388 g/mol. The number of urea groups is 1. The topological polar surface area (TPSA) is 93.7 Å². The van der Waals surface area contributed by atoms with E-state index in [2.05, 4.69) is 10.6 Å². The zero-order valence-electron chi connectivity index (χ0n) is 14.8. The summed E-state index contributed by atoms with van der Waals surface area (Å²) in [6.45, 7) is 2.36. The van der Waals surface area contributed by atoms with Gasteiger partial charge in [0.2, 0.25) is 0 Å². The van der Waals surface area contributed by atoms with Gasteiger partial charge in [-0.1, -0.05) is 30.3 Å². The Bertz CT molecular complexity index is 991. The minimum absolute atomic E-state index is 0.135. The lowest BCUT2D eigenvalue weighted by Crippen LogP contribution is -2.53. The minimum Gasteiger partial charge on any atom is -0.485 e. The van der Waals surface area contributed by atoms with Crippen LogP contribution in [0.4, 0.5) is 4.79 Å². The van der Waals surface area contributed by atoms with Crippen LogP contribution < -0.4 is 20.1 Å². The fourth-order valence-corrected chi connectivity index (χ4v) is 5.05. The number of fused-ring (bicyclic) bond motifs is 2. The van der Waals surface area contributed by atoms with E-state index < -0.39 is 27.5 Å². The van der Waals surface area contributed by atoms with Crippen molar-refractivity contribution in [3.8, 4) is 11.5 Å². The number of nitrogens with one attached hydrogen (secondary N) is 2. The molecule has 2 aliphatic rings. The zero-order chi connectivity index (χ0) is 19.1. The second-order valence-electron chi connectivity index (χ2n) is 6.99. The number of sulfone groups is 1. The minimum atomic E-state index is -3.37. The molecule has 0 aromatic heterocycles. The van der Waals surface area contributed by atoms with E-state index in [0.717, 1.165) is 0 Å². The number of benzene rings is 2. The second kappa shape index (κ2) is 6.45. The highest BCUT2D eigenvalue weighted by molar-refractivity contribution is 7.91. The fraction of sp³-hybridized carbons (Fsp3) is 0.316. The van der Waals surface area contributed by atoms with Crippen molar-refractivity contribution >= 4 is 15.9 Å². The summed E-state index contributed by atoms with van der Waals surface area (Å²) in [4.78, 5) is 12.6. The van der Waals surface area contributed by atoms with Gasteiger partial charge in [0.05, 0.1) is 23.2 Å². The molecule has 2 N–H and O–H groups in total. The predicted octanol–water partition coefficient (Wildman–Crippen LogP) is 2.04. The second-order valence-corrected chi connectivity index (χ2v) is 8.99. The van der Waals surface area contributed by atoms with Crippen LogP contribution in [0.25, 0.3) is 0 Å². The van der Waals surface area contributed by atoms with Crippen molar-refractivity contribution in [2.75, 3.05) is 18.9 Å². The van der Waals surface area contributed by atoms with Crippen LogP contribution in [0.2, 0.25) is 0 Å². The van der Waals surface area contributed by atoms with Crippen LogP contribution in [0.15, 0.2) is 53.4 Å². The lowest BCUT2D eigenvalue weighted by molar-refractivity contribution is 0.00881. The first-order chi connectivity index (χ1) is 12.9. The smallest absolute Gasteiger partial charge is 0.315 e. The van der Waals surface area contributed by atoms with Crippen LogP contribution in [-0.4, -0.2) is 39.0 Å². The molecule has 142 valence electrons. The zero-order valence-corrected chi connectivity index (χ0v) is 15.6. The first kappa shape index (κ1) is 17.7. The van der Waals surface area contributed by atoms with E-state index in [9.17, 15) is 13.2 Å². The molecular weight excluding hydrogens is 368 g/mol. The van der Waals surface area contributed by atoms with Gasteiger partial charge in [-0.2, -0.15) is 0 Å². The van der Waals surface area contributed by atoms with Gasteiger partial charge in [0.25, 0.3) is 0 Å². The molecule has 2 amide bonds. The third kappa shape index (κ3) is 3.44. The number of carbonyl (C=O) groups excluding carboxylic acids is 1. The van der Waals surface area contributed by atoms with E-state index in [4.69, 9.17) is 9.47 Å². The Labute approximate surface area is 157 Å². The first-order valence-electron chi connectivity index (χ1n) is 8.63. The number of para-hydroxylation sites is 2. The van der Waals surface area contributed by atoms with Gasteiger partial charge in [0.1, 0.15) is 6.61 Å². The SMILES string of the molecule is CC1(CNC(=O)NC2CS(=O)(=O)c3ccccc32)COc2ccccc2O1. The standard InChI is InChI=1S/C19H20N2O5S/c1-19(12-25-15-7-3-4-8-16(15)26-19)11-20-18(22)21-14-10-27(23,24)17-9-5-2-6-13(14)17/h2-9,14H,10-12H2,1H3,(H2,20,21,22). The van der Waals surface area contributed by atoms with E-state index in [0.29, 0.717) is 23.7 Å². The number of hydrogen-bond acceptors (Lipinski definition) is 5. The largest absolute Gasteiger partial charge is 0.485 e. The Kier molecular flexibility index (Phi) is 4.22. The Balaban J connectivity index is 1.39. The number of amides is 2. The van der Waals surface area contributed by atoms with Crippen LogP contribution in [0.3, 0.4) is 0 Å². The highest BCUT2D eigenvalue weighted by Gasteiger charge is 2.36. The molecule has 7 nitrogen and oxygen atoms in total. The van der Waals surface area contributed by atoms with E-state index >= 15 is 0 Å². The molecule has 0 bridgehead atoms. The lowest BCUT2D eigenvalue weighted by atomic mass is 10.1. The normalized spacial score (nSPS) is 24.7. The molecule has 2 heterocycles. The predicted molar refractivity (Wildman–Crippen MR) is 98.7 cm³/mol. The molecule has 4 rings (SSSR count). The van der Waals surface area contributed by atoms with Crippen LogP contribution in [-0.2, 0) is 9.84 Å². The molecule has 0 saturated carbocycles. The maximum absolute atomic E-state index is 12.3. The van der Waals surface area contributed by atoms with Gasteiger partial charge in [-0.15, -0.1) is 0 Å². The van der Waals surface area contributed by atoms with Gasteiger partial charge in [-0.05, 0) is 30.7 Å². The van der Waals surface area contributed by atoms with Gasteiger partial charge in [-0.25, -0.2) is 13.2 Å². The van der Waals surface area contributed by atoms with Gasteiger partial charge >= 0.3 is 6.03 Å². The third-order valence-corrected chi connectivity index (χ3v) is 6.50. The monoisotopic (exact) mass is 388 g/mol. The Morgan fingerprint density at radius 3 is 2.67 bits per heavy atom. The summed E-state index contributed by atoms with van der Waals surface area (Å²) in [5.74, 6) is 1.17. The number of rotatable bonds is 3.